The fourth-order valence-electron chi connectivity index (χ4n) is 1.65. The Morgan fingerprint density at radius 1 is 1.20 bits per heavy atom. The van der Waals surface area contributed by atoms with Gasteiger partial charge < -0.3 is 4.98 Å². The van der Waals surface area contributed by atoms with Crippen molar-refractivity contribution in [3.63, 3.8) is 0 Å². The summed E-state index contributed by atoms with van der Waals surface area (Å²) < 4.78 is 0. The van der Waals surface area contributed by atoms with E-state index in [1.165, 1.54) is 30.4 Å². The number of nitrogens with one attached hydrogen (secondary N) is 1. The molecule has 2 aromatic rings. The van der Waals surface area contributed by atoms with Crippen molar-refractivity contribution in [1.29, 1.82) is 0 Å². The summed E-state index contributed by atoms with van der Waals surface area (Å²) in [6.07, 6.45) is 7.26. The molecule has 15 heavy (non-hydrogen) atoms. The van der Waals surface area contributed by atoms with Crippen LogP contribution in [0.2, 0.25) is 0 Å². The Labute approximate surface area is 90.4 Å². The Morgan fingerprint density at radius 3 is 2.60 bits per heavy atom. The largest absolute Gasteiger partial charge is 0.345 e. The highest BCUT2D eigenvalue weighted by Gasteiger charge is 1.98. The summed E-state index contributed by atoms with van der Waals surface area (Å²) in [6.45, 7) is 2.22. The molecule has 0 saturated carbocycles. The molecule has 0 aliphatic rings. The topological polar surface area (TPSA) is 28.7 Å². The molecule has 2 nitrogen and oxygen atoms in total. The Kier molecular flexibility index (Phi) is 3.18. The molecule has 1 N–H and O–H groups in total. The first kappa shape index (κ1) is 9.97. The van der Waals surface area contributed by atoms with Crippen LogP contribution < -0.4 is 0 Å². The Balaban J connectivity index is 2.11. The Morgan fingerprint density at radius 2 is 2.00 bits per heavy atom. The van der Waals surface area contributed by atoms with Gasteiger partial charge in [-0.05, 0) is 24.0 Å². The van der Waals surface area contributed by atoms with Gasteiger partial charge in [0.05, 0.1) is 18.2 Å². The first-order valence-corrected chi connectivity index (χ1v) is 5.48. The lowest BCUT2D eigenvalue weighted by Crippen LogP contribution is -1.84. The molecule has 2 rings (SSSR count). The second-order valence-corrected chi connectivity index (χ2v) is 3.77. The third-order valence-electron chi connectivity index (χ3n) is 2.58. The number of benzene rings is 1. The van der Waals surface area contributed by atoms with Crippen LogP contribution in [0.4, 0.5) is 0 Å². The third-order valence-corrected chi connectivity index (χ3v) is 2.58. The molecule has 2 heteroatoms. The predicted octanol–water partition coefficient (Wildman–Crippen LogP) is 3.42. The number of aryl methyl sites for hydroxylation is 1. The molecule has 0 atom stereocenters. The minimum absolute atomic E-state index is 1.08. The maximum atomic E-state index is 4.02. The molecule has 0 bridgehead atoms. The molecule has 0 fully saturated rings. The van der Waals surface area contributed by atoms with E-state index >= 15 is 0 Å². The fraction of sp³-hybridized carbons (Fsp3) is 0.308. The van der Waals surface area contributed by atoms with E-state index in [1.807, 2.05) is 6.20 Å². The molecule has 78 valence electrons. The molecule has 1 aromatic carbocycles. The highest BCUT2D eigenvalue weighted by atomic mass is 14.9. The lowest BCUT2D eigenvalue weighted by atomic mass is 10.1. The van der Waals surface area contributed by atoms with Gasteiger partial charge >= 0.3 is 0 Å². The van der Waals surface area contributed by atoms with Crippen molar-refractivity contribution in [1.82, 2.24) is 9.97 Å². The molecule has 0 saturated heterocycles. The highest BCUT2D eigenvalue weighted by Crippen LogP contribution is 2.17. The van der Waals surface area contributed by atoms with Crippen molar-refractivity contribution in [2.45, 2.75) is 26.2 Å². The van der Waals surface area contributed by atoms with Gasteiger partial charge in [-0.15, -0.1) is 0 Å². The number of H-pyrrole nitrogens is 1. The van der Waals surface area contributed by atoms with E-state index in [-0.39, 0.29) is 0 Å². The molecule has 1 aromatic heterocycles. The molecule has 0 aliphatic heterocycles. The van der Waals surface area contributed by atoms with Crippen LogP contribution in [0.1, 0.15) is 25.3 Å². The lowest BCUT2D eigenvalue weighted by Gasteiger charge is -2.01. The molecular formula is C13H16N2. The van der Waals surface area contributed by atoms with E-state index in [9.17, 15) is 0 Å². The normalized spacial score (nSPS) is 10.5. The summed E-state index contributed by atoms with van der Waals surface area (Å²) in [5.41, 5.74) is 3.70. The van der Waals surface area contributed by atoms with Crippen molar-refractivity contribution in [2.24, 2.45) is 0 Å². The maximum Gasteiger partial charge on any atom is 0.0924 e. The Bertz CT molecular complexity index is 387. The van der Waals surface area contributed by atoms with Crippen LogP contribution in [-0.2, 0) is 6.42 Å². The van der Waals surface area contributed by atoms with Gasteiger partial charge in [-0.2, -0.15) is 0 Å². The number of hydrogen-bond donors (Lipinski definition) is 1. The molecule has 0 spiro atoms. The van der Waals surface area contributed by atoms with Crippen molar-refractivity contribution < 1.29 is 0 Å². The van der Waals surface area contributed by atoms with Crippen molar-refractivity contribution in [3.05, 3.63) is 42.4 Å². The van der Waals surface area contributed by atoms with Gasteiger partial charge in [0.15, 0.2) is 0 Å². The van der Waals surface area contributed by atoms with E-state index in [4.69, 9.17) is 0 Å². The second kappa shape index (κ2) is 4.78. The molecule has 0 radical (unpaired) electrons. The van der Waals surface area contributed by atoms with Gasteiger partial charge in [0, 0.05) is 0 Å². The van der Waals surface area contributed by atoms with E-state index in [1.54, 1.807) is 6.33 Å². The van der Waals surface area contributed by atoms with Crippen LogP contribution in [0.25, 0.3) is 11.3 Å². The van der Waals surface area contributed by atoms with Gasteiger partial charge in [-0.1, -0.05) is 37.6 Å². The average molecular weight is 200 g/mol. The van der Waals surface area contributed by atoms with Gasteiger partial charge in [-0.3, -0.25) is 0 Å². The zero-order valence-electron chi connectivity index (χ0n) is 9.03. The number of unbranched alkanes of at least 4 members (excludes halogenated alkanes) is 1. The van der Waals surface area contributed by atoms with Crippen molar-refractivity contribution >= 4 is 0 Å². The average Bonchev–Trinajstić information content (AvgIpc) is 2.80. The monoisotopic (exact) mass is 200 g/mol. The fourth-order valence-corrected chi connectivity index (χ4v) is 1.65. The molecule has 0 amide bonds. The predicted molar refractivity (Wildman–Crippen MR) is 62.6 cm³/mol. The van der Waals surface area contributed by atoms with Gasteiger partial charge in [0.1, 0.15) is 0 Å². The zero-order valence-corrected chi connectivity index (χ0v) is 9.03. The van der Waals surface area contributed by atoms with Crippen LogP contribution >= 0.6 is 0 Å². The number of aromatic amines is 1. The van der Waals surface area contributed by atoms with Gasteiger partial charge in [0.2, 0.25) is 0 Å². The standard InChI is InChI=1S/C13H16N2/c1-2-3-4-11-5-7-12(8-6-11)13-9-14-10-15-13/h5-10H,2-4H2,1H3,(H,14,15). The van der Waals surface area contributed by atoms with E-state index in [0.717, 1.165) is 5.69 Å². The molecular weight excluding hydrogens is 184 g/mol. The van der Waals surface area contributed by atoms with E-state index < -0.39 is 0 Å². The smallest absolute Gasteiger partial charge is 0.0924 e. The van der Waals surface area contributed by atoms with Crippen LogP contribution in [0.15, 0.2) is 36.8 Å². The zero-order chi connectivity index (χ0) is 10.5. The SMILES string of the molecule is CCCCc1ccc(-c2cnc[nH]2)cc1. The summed E-state index contributed by atoms with van der Waals surface area (Å²) in [4.78, 5) is 7.12. The quantitative estimate of drug-likeness (QED) is 0.804. The van der Waals surface area contributed by atoms with E-state index in [2.05, 4.69) is 41.2 Å². The number of aromatic nitrogens is 2. The van der Waals surface area contributed by atoms with Crippen LogP contribution in [0, 0.1) is 0 Å². The summed E-state index contributed by atoms with van der Waals surface area (Å²) in [6, 6.07) is 8.70. The summed E-state index contributed by atoms with van der Waals surface area (Å²) in [5, 5.41) is 0. The second-order valence-electron chi connectivity index (χ2n) is 3.77. The van der Waals surface area contributed by atoms with Gasteiger partial charge in [-0.25, -0.2) is 4.98 Å². The highest BCUT2D eigenvalue weighted by molar-refractivity contribution is 5.58. The van der Waals surface area contributed by atoms with Crippen LogP contribution in [0.3, 0.4) is 0 Å². The minimum atomic E-state index is 1.08. The van der Waals surface area contributed by atoms with Crippen LogP contribution in [-0.4, -0.2) is 9.97 Å². The number of rotatable bonds is 4. The maximum absolute atomic E-state index is 4.02. The summed E-state index contributed by atoms with van der Waals surface area (Å²) in [5.74, 6) is 0. The van der Waals surface area contributed by atoms with Crippen LogP contribution in [0.5, 0.6) is 0 Å². The molecule has 1 heterocycles. The summed E-state index contributed by atoms with van der Waals surface area (Å²) >= 11 is 0. The first-order chi connectivity index (χ1) is 7.40. The molecule has 0 unspecified atom stereocenters. The van der Waals surface area contributed by atoms with E-state index in [0.29, 0.717) is 0 Å². The third kappa shape index (κ3) is 2.46. The lowest BCUT2D eigenvalue weighted by molar-refractivity contribution is 0.795. The van der Waals surface area contributed by atoms with Gasteiger partial charge in [0.25, 0.3) is 0 Å². The summed E-state index contributed by atoms with van der Waals surface area (Å²) in [7, 11) is 0. The van der Waals surface area contributed by atoms with Crippen molar-refractivity contribution in [3.8, 4) is 11.3 Å². The number of nitrogens with zero attached hydrogens (tertiary/aromatic N) is 1. The number of imidazole rings is 1. The first-order valence-electron chi connectivity index (χ1n) is 5.48. The molecule has 0 aliphatic carbocycles. The van der Waals surface area contributed by atoms with Crippen molar-refractivity contribution in [2.75, 3.05) is 0 Å². The Hall–Kier alpha value is -1.57. The minimum Gasteiger partial charge on any atom is -0.345 e. The number of hydrogen-bond acceptors (Lipinski definition) is 1.